The van der Waals surface area contributed by atoms with Gasteiger partial charge in [0, 0.05) is 26.7 Å². The molecule has 6 heteroatoms. The van der Waals surface area contributed by atoms with E-state index in [1.165, 1.54) is 0 Å². The normalized spacial score (nSPS) is 19.6. The topological polar surface area (TPSA) is 43.8 Å². The molecule has 1 N–H and O–H groups in total. The van der Waals surface area contributed by atoms with Crippen LogP contribution in [0.5, 0.6) is 0 Å². The van der Waals surface area contributed by atoms with Crippen molar-refractivity contribution in [3.63, 3.8) is 0 Å². The van der Waals surface area contributed by atoms with Crippen molar-refractivity contribution in [3.05, 3.63) is 57.6 Å². The fourth-order valence-electron chi connectivity index (χ4n) is 3.39. The third-order valence-electron chi connectivity index (χ3n) is 4.96. The zero-order valence-electron chi connectivity index (χ0n) is 16.2. The minimum absolute atomic E-state index is 0.0157. The minimum Gasteiger partial charge on any atom is -0.392 e. The van der Waals surface area contributed by atoms with Gasteiger partial charge >= 0.3 is 0 Å². The fraction of sp³-hybridized carbons (Fsp3) is 0.476. The SMILES string of the molecule is C/C=C\C(=C/C)[C@@H](CN1CC[C@H](O)C1)N(C)C(=O)Cc1ccc(Cl)c(Cl)c1. The van der Waals surface area contributed by atoms with Gasteiger partial charge in [-0.05, 0) is 43.5 Å². The number of β-amino-alcohol motifs (C(OH)–C–C–N with tert-alkyl or cyclic N) is 1. The van der Waals surface area contributed by atoms with Crippen LogP contribution in [0.15, 0.2) is 42.0 Å². The maximum absolute atomic E-state index is 12.9. The Bertz CT molecular complexity index is 718. The van der Waals surface area contributed by atoms with Gasteiger partial charge < -0.3 is 10.0 Å². The van der Waals surface area contributed by atoms with Crippen LogP contribution in [0.2, 0.25) is 10.0 Å². The second-order valence-corrected chi connectivity index (χ2v) is 7.75. The maximum atomic E-state index is 12.9. The Balaban J connectivity index is 2.16. The molecule has 1 fully saturated rings. The van der Waals surface area contributed by atoms with Crippen molar-refractivity contribution in [2.75, 3.05) is 26.7 Å². The van der Waals surface area contributed by atoms with Crippen LogP contribution < -0.4 is 0 Å². The first-order valence-electron chi connectivity index (χ1n) is 9.24. The van der Waals surface area contributed by atoms with Crippen LogP contribution in [0.25, 0.3) is 0 Å². The predicted molar refractivity (Wildman–Crippen MR) is 112 cm³/mol. The summed E-state index contributed by atoms with van der Waals surface area (Å²) < 4.78 is 0. The lowest BCUT2D eigenvalue weighted by Crippen LogP contribution is -2.46. The van der Waals surface area contributed by atoms with Crippen LogP contribution in [0, 0.1) is 0 Å². The predicted octanol–water partition coefficient (Wildman–Crippen LogP) is 3.95. The number of benzene rings is 1. The largest absolute Gasteiger partial charge is 0.392 e. The molecule has 1 heterocycles. The van der Waals surface area contributed by atoms with Gasteiger partial charge in [0.15, 0.2) is 0 Å². The molecule has 2 rings (SSSR count). The quantitative estimate of drug-likeness (QED) is 0.691. The number of halogens is 2. The summed E-state index contributed by atoms with van der Waals surface area (Å²) in [7, 11) is 1.84. The highest BCUT2D eigenvalue weighted by atomic mass is 35.5. The summed E-state index contributed by atoms with van der Waals surface area (Å²) in [5.41, 5.74) is 1.92. The van der Waals surface area contributed by atoms with Gasteiger partial charge in [0.2, 0.25) is 5.91 Å². The van der Waals surface area contributed by atoms with E-state index in [9.17, 15) is 9.90 Å². The molecule has 1 amide bonds. The highest BCUT2D eigenvalue weighted by molar-refractivity contribution is 6.42. The van der Waals surface area contributed by atoms with E-state index in [1.54, 1.807) is 17.0 Å². The van der Waals surface area contributed by atoms with Gasteiger partial charge in [-0.1, -0.05) is 47.5 Å². The third-order valence-corrected chi connectivity index (χ3v) is 5.70. The van der Waals surface area contributed by atoms with Crippen molar-refractivity contribution in [1.29, 1.82) is 0 Å². The van der Waals surface area contributed by atoms with E-state index in [0.717, 1.165) is 24.1 Å². The smallest absolute Gasteiger partial charge is 0.227 e. The highest BCUT2D eigenvalue weighted by Gasteiger charge is 2.28. The van der Waals surface area contributed by atoms with Crippen LogP contribution in [-0.2, 0) is 11.2 Å². The van der Waals surface area contributed by atoms with Gasteiger partial charge in [-0.2, -0.15) is 0 Å². The maximum Gasteiger partial charge on any atom is 0.227 e. The molecule has 148 valence electrons. The third kappa shape index (κ3) is 6.08. The number of hydrogen-bond donors (Lipinski definition) is 1. The number of nitrogens with zero attached hydrogens (tertiary/aromatic N) is 2. The van der Waals surface area contributed by atoms with Crippen LogP contribution in [0.4, 0.5) is 0 Å². The zero-order valence-corrected chi connectivity index (χ0v) is 17.7. The van der Waals surface area contributed by atoms with E-state index in [0.29, 0.717) is 23.1 Å². The van der Waals surface area contributed by atoms with Crippen molar-refractivity contribution in [2.24, 2.45) is 0 Å². The summed E-state index contributed by atoms with van der Waals surface area (Å²) in [6.07, 6.45) is 6.83. The Hall–Kier alpha value is -1.33. The van der Waals surface area contributed by atoms with E-state index in [2.05, 4.69) is 4.90 Å². The molecule has 4 nitrogen and oxygen atoms in total. The number of rotatable bonds is 7. The fourth-order valence-corrected chi connectivity index (χ4v) is 3.71. The van der Waals surface area contributed by atoms with Gasteiger partial charge in [0.1, 0.15) is 0 Å². The van der Waals surface area contributed by atoms with Crippen molar-refractivity contribution in [3.8, 4) is 0 Å². The van der Waals surface area contributed by atoms with Gasteiger partial charge in [-0.3, -0.25) is 9.69 Å². The van der Waals surface area contributed by atoms with Crippen molar-refractivity contribution >= 4 is 29.1 Å². The molecular weight excluding hydrogens is 383 g/mol. The first-order chi connectivity index (χ1) is 12.8. The number of allylic oxidation sites excluding steroid dienone is 2. The molecule has 1 aliphatic rings. The molecule has 0 aliphatic carbocycles. The minimum atomic E-state index is -0.279. The molecule has 0 bridgehead atoms. The number of carbonyl (C=O) groups excluding carboxylic acids is 1. The molecule has 1 saturated heterocycles. The first kappa shape index (κ1) is 22.0. The molecule has 0 spiro atoms. The van der Waals surface area contributed by atoms with Gasteiger partial charge in [0.05, 0.1) is 28.6 Å². The monoisotopic (exact) mass is 410 g/mol. The van der Waals surface area contributed by atoms with Crippen LogP contribution >= 0.6 is 23.2 Å². The summed E-state index contributed by atoms with van der Waals surface area (Å²) in [6.45, 7) is 6.15. The number of likely N-dealkylation sites (tertiary alicyclic amines) is 1. The standard InChI is InChI=1S/C21H28Cl2N2O2/c1-4-6-16(5-2)20(14-25-10-9-17(26)13-25)24(3)21(27)12-15-7-8-18(22)19(23)11-15/h4-8,11,17,20,26H,9-10,12-14H2,1-3H3/b6-4-,16-5+/t17-,20+/m0/s1. The van der Waals surface area contributed by atoms with Crippen LogP contribution in [0.3, 0.4) is 0 Å². The summed E-state index contributed by atoms with van der Waals surface area (Å²) in [5, 5.41) is 10.8. The number of aliphatic hydroxyl groups excluding tert-OH is 1. The van der Waals surface area contributed by atoms with Crippen molar-refractivity contribution in [2.45, 2.75) is 38.8 Å². The number of amides is 1. The lowest BCUT2D eigenvalue weighted by molar-refractivity contribution is -0.130. The number of aliphatic hydroxyl groups is 1. The zero-order chi connectivity index (χ0) is 20.0. The summed E-state index contributed by atoms with van der Waals surface area (Å²) >= 11 is 12.0. The van der Waals surface area contributed by atoms with E-state index in [-0.39, 0.29) is 24.5 Å². The Kier molecular flexibility index (Phi) is 8.36. The summed E-state index contributed by atoms with van der Waals surface area (Å²) in [4.78, 5) is 17.0. The average molecular weight is 411 g/mol. The highest BCUT2D eigenvalue weighted by Crippen LogP contribution is 2.24. The molecule has 0 unspecified atom stereocenters. The van der Waals surface area contributed by atoms with E-state index in [4.69, 9.17) is 23.2 Å². The number of likely N-dealkylation sites (N-methyl/N-ethyl adjacent to an activating group) is 1. The average Bonchev–Trinajstić information content (AvgIpc) is 3.05. The summed E-state index contributed by atoms with van der Waals surface area (Å²) in [5.74, 6) is 0.0157. The lowest BCUT2D eigenvalue weighted by atomic mass is 10.0. The number of hydrogen-bond acceptors (Lipinski definition) is 3. The lowest BCUT2D eigenvalue weighted by Gasteiger charge is -2.33. The Labute approximate surface area is 172 Å². The molecule has 2 atom stereocenters. The Morgan fingerprint density at radius 3 is 2.67 bits per heavy atom. The molecular formula is C21H28Cl2N2O2. The van der Waals surface area contributed by atoms with Crippen LogP contribution in [0.1, 0.15) is 25.8 Å². The number of carbonyl (C=O) groups is 1. The van der Waals surface area contributed by atoms with E-state index >= 15 is 0 Å². The molecule has 1 aromatic carbocycles. The molecule has 1 aromatic rings. The van der Waals surface area contributed by atoms with E-state index < -0.39 is 0 Å². The summed E-state index contributed by atoms with van der Waals surface area (Å²) in [6, 6.07) is 5.21. The van der Waals surface area contributed by atoms with Gasteiger partial charge in [-0.25, -0.2) is 0 Å². The van der Waals surface area contributed by atoms with Crippen LogP contribution in [-0.4, -0.2) is 59.6 Å². The van der Waals surface area contributed by atoms with Gasteiger partial charge in [0.25, 0.3) is 0 Å². The van der Waals surface area contributed by atoms with Crippen molar-refractivity contribution < 1.29 is 9.90 Å². The molecule has 0 aromatic heterocycles. The first-order valence-corrected chi connectivity index (χ1v) is 10.00. The Morgan fingerprint density at radius 2 is 2.11 bits per heavy atom. The van der Waals surface area contributed by atoms with E-state index in [1.807, 2.05) is 45.2 Å². The molecule has 1 aliphatic heterocycles. The molecule has 27 heavy (non-hydrogen) atoms. The van der Waals surface area contributed by atoms with Gasteiger partial charge in [-0.15, -0.1) is 0 Å². The molecule has 0 saturated carbocycles. The van der Waals surface area contributed by atoms with Crippen molar-refractivity contribution in [1.82, 2.24) is 9.80 Å². The second kappa shape index (κ2) is 10.3. The Morgan fingerprint density at radius 1 is 1.37 bits per heavy atom. The molecule has 0 radical (unpaired) electrons. The second-order valence-electron chi connectivity index (χ2n) is 6.94.